The number of para-hydroxylation sites is 2. The maximum absolute atomic E-state index is 2.40. The molecule has 0 aliphatic rings. The molecule has 0 aliphatic carbocycles. The molecule has 0 bridgehead atoms. The first-order valence-electron chi connectivity index (χ1n) is 36.4. The average molecular weight is 1450 g/mol. The molecule has 24 rings (SSSR count). The van der Waals surface area contributed by atoms with Crippen molar-refractivity contribution in [2.24, 2.45) is 21.1 Å². The molecule has 24 aromatic rings. The molecule has 8 aromatic heterocycles. The van der Waals surface area contributed by atoms with Crippen molar-refractivity contribution in [1.29, 1.82) is 0 Å². The van der Waals surface area contributed by atoms with E-state index in [9.17, 15) is 0 Å². The second kappa shape index (κ2) is 24.6. The molecule has 0 radical (unpaired) electrons. The topological polar surface area (TPSA) is 14.8 Å². The van der Waals surface area contributed by atoms with Crippen molar-refractivity contribution < 1.29 is 0 Å². The van der Waals surface area contributed by atoms with Gasteiger partial charge in [-0.3, -0.25) is 0 Å². The van der Waals surface area contributed by atoms with Crippen molar-refractivity contribution in [3.8, 4) is 55.6 Å². The van der Waals surface area contributed by atoms with Crippen LogP contribution in [0.5, 0.6) is 0 Å². The number of rotatable bonds is 5. The molecule has 0 spiro atoms. The number of fused-ring (bicyclic) bond motifs is 24. The van der Waals surface area contributed by atoms with Crippen LogP contribution in [0.1, 0.15) is 0 Å². The highest BCUT2D eigenvalue weighted by atomic mass is 32.1. The summed E-state index contributed by atoms with van der Waals surface area (Å²) in [6.45, 7) is 0. The second-order valence-electron chi connectivity index (χ2n) is 28.2. The van der Waals surface area contributed by atoms with E-state index in [-0.39, 0.29) is 0 Å². The van der Waals surface area contributed by atoms with Gasteiger partial charge in [0.15, 0.2) is 0 Å². The van der Waals surface area contributed by atoms with Crippen molar-refractivity contribution in [1.82, 2.24) is 13.7 Å². The average Bonchev–Trinajstić information content (AvgIpc) is 1.59. The monoisotopic (exact) mass is 1450 g/mol. The van der Waals surface area contributed by atoms with Crippen LogP contribution in [0.15, 0.2) is 328 Å². The SMILES string of the molecule is Cn1c2ccc(-c3cccc4c3sc3ccccc34)cc2c2cc(-c3cccc4c3sc3ccccc34)ccc21.Cn1c2ccccc2c2cc(-c3cccc4c3sc3c(-c5cccc6c5sc5ccccc56)cccc34)ccc21.Cn1c2ccccc2c2cc(-c3cccc4c3sc3ccccc34)ccc21. The fourth-order valence-electron chi connectivity index (χ4n) is 17.4. The molecule has 0 unspecified atom stereocenters. The predicted molar refractivity (Wildman–Crippen MR) is 473 cm³/mol. The Morgan fingerprint density at radius 2 is 0.364 bits per heavy atom. The van der Waals surface area contributed by atoms with Gasteiger partial charge in [-0.15, -0.1) is 56.7 Å². The third-order valence-electron chi connectivity index (χ3n) is 22.5. The highest BCUT2D eigenvalue weighted by Gasteiger charge is 2.21. The number of hydrogen-bond acceptors (Lipinski definition) is 5. The Hall–Kier alpha value is -12.0. The molecule has 107 heavy (non-hydrogen) atoms. The van der Waals surface area contributed by atoms with Gasteiger partial charge >= 0.3 is 0 Å². The number of benzene rings is 16. The summed E-state index contributed by atoms with van der Waals surface area (Å²) in [5.74, 6) is 0. The Balaban J connectivity index is 0.000000102. The largest absolute Gasteiger partial charge is 0.344 e. The Morgan fingerprint density at radius 3 is 0.673 bits per heavy atom. The van der Waals surface area contributed by atoms with E-state index >= 15 is 0 Å². The van der Waals surface area contributed by atoms with Crippen LogP contribution in [-0.2, 0) is 21.1 Å². The molecule has 0 saturated carbocycles. The molecule has 0 atom stereocenters. The fraction of sp³-hybridized carbons (Fsp3) is 0.0303. The normalized spacial score (nSPS) is 12.1. The first-order valence-corrected chi connectivity index (χ1v) is 40.4. The summed E-state index contributed by atoms with van der Waals surface area (Å²) in [7, 11) is 6.50. The molecule has 0 amide bonds. The molecule has 0 fully saturated rings. The summed E-state index contributed by atoms with van der Waals surface area (Å²) < 4.78 is 20.5. The van der Waals surface area contributed by atoms with Gasteiger partial charge in [0.05, 0.1) is 0 Å². The summed E-state index contributed by atoms with van der Waals surface area (Å²) in [6.07, 6.45) is 0. The standard InChI is InChI=1S/2C37H23NS2.C25H17NS/c1-38-32-17-4-2-9-24(32)31-21-22(19-20-33(31)38)23-11-6-13-27-29-15-8-16-30(37(29)40-35(23)27)28-14-7-12-26-25-10-3-5-18-34(25)39-36(26)28;1-38-32-18-16-22(24-10-6-12-28-26-8-2-4-14-34(26)39-36(24)28)20-30(32)31-21-23(17-19-33(31)38)25-11-7-13-29-27-9-3-5-15-35(27)40-37(25)29;1-26-22-11-4-2-7-18(22)21-15-16(13-14-23(21)26)17-9-6-10-20-19-8-3-5-12-24(19)27-25(17)20/h2*2-21H,1H3;2-15H,1H3. The minimum absolute atomic E-state index is 1.26. The van der Waals surface area contributed by atoms with E-state index in [1.54, 1.807) is 0 Å². The lowest BCUT2D eigenvalue weighted by Crippen LogP contribution is -1.86. The smallest absolute Gasteiger partial charge is 0.0489 e. The quantitative estimate of drug-likeness (QED) is 0.163. The van der Waals surface area contributed by atoms with Crippen LogP contribution in [0.4, 0.5) is 0 Å². The summed E-state index contributed by atoms with van der Waals surface area (Å²) in [6, 6.07) is 121. The van der Waals surface area contributed by atoms with E-state index < -0.39 is 0 Å². The Morgan fingerprint density at radius 1 is 0.159 bits per heavy atom. The zero-order valence-corrected chi connectivity index (χ0v) is 62.6. The van der Waals surface area contributed by atoms with Gasteiger partial charge in [0.1, 0.15) is 0 Å². The van der Waals surface area contributed by atoms with Crippen molar-refractivity contribution in [3.63, 3.8) is 0 Å². The highest BCUT2D eigenvalue weighted by Crippen LogP contribution is 2.50. The van der Waals surface area contributed by atoms with Crippen LogP contribution in [0, 0.1) is 0 Å². The molecule has 3 nitrogen and oxygen atoms in total. The van der Waals surface area contributed by atoms with Gasteiger partial charge in [-0.05, 0) is 129 Å². The van der Waals surface area contributed by atoms with E-state index in [0.717, 1.165) is 0 Å². The van der Waals surface area contributed by atoms with Crippen LogP contribution in [0.2, 0.25) is 0 Å². The summed E-state index contributed by atoms with van der Waals surface area (Å²) >= 11 is 9.52. The van der Waals surface area contributed by atoms with Gasteiger partial charge in [0, 0.05) is 199 Å². The maximum Gasteiger partial charge on any atom is 0.0489 e. The molecule has 504 valence electrons. The second-order valence-corrected chi connectivity index (χ2v) is 33.5. The van der Waals surface area contributed by atoms with Gasteiger partial charge in [-0.2, -0.15) is 0 Å². The van der Waals surface area contributed by atoms with Gasteiger partial charge < -0.3 is 13.7 Å². The lowest BCUT2D eigenvalue weighted by atomic mass is 9.98. The minimum Gasteiger partial charge on any atom is -0.344 e. The molecule has 8 heterocycles. The van der Waals surface area contributed by atoms with Crippen LogP contribution >= 0.6 is 56.7 Å². The van der Waals surface area contributed by atoms with E-state index in [0.29, 0.717) is 0 Å². The highest BCUT2D eigenvalue weighted by molar-refractivity contribution is 7.28. The van der Waals surface area contributed by atoms with Crippen molar-refractivity contribution in [2.45, 2.75) is 0 Å². The number of nitrogens with zero attached hydrogens (tertiary/aromatic N) is 3. The fourth-order valence-corrected chi connectivity index (χ4v) is 23.7. The molecule has 0 N–H and O–H groups in total. The Labute approximate surface area is 635 Å². The Bertz CT molecular complexity index is 7660. The van der Waals surface area contributed by atoms with E-state index in [2.05, 4.69) is 362 Å². The van der Waals surface area contributed by atoms with Crippen molar-refractivity contribution in [3.05, 3.63) is 328 Å². The maximum atomic E-state index is 2.40. The molecule has 16 aromatic carbocycles. The summed E-state index contributed by atoms with van der Waals surface area (Å²) in [5, 5.41) is 21.3. The predicted octanol–water partition coefficient (Wildman–Crippen LogP) is 30.2. The van der Waals surface area contributed by atoms with Gasteiger partial charge in [-0.25, -0.2) is 0 Å². The lowest BCUT2D eigenvalue weighted by Gasteiger charge is -2.06. The molecule has 0 saturated heterocycles. The van der Waals surface area contributed by atoms with Crippen molar-refractivity contribution >= 4 is 223 Å². The molecule has 0 aliphatic heterocycles. The van der Waals surface area contributed by atoms with Crippen LogP contribution in [0.25, 0.3) is 222 Å². The number of hydrogen-bond donors (Lipinski definition) is 0. The van der Waals surface area contributed by atoms with Crippen LogP contribution in [0.3, 0.4) is 0 Å². The third kappa shape index (κ3) is 9.73. The van der Waals surface area contributed by atoms with Gasteiger partial charge in [0.25, 0.3) is 0 Å². The number of thiophene rings is 5. The van der Waals surface area contributed by atoms with E-state index in [4.69, 9.17) is 0 Å². The first kappa shape index (κ1) is 62.4. The van der Waals surface area contributed by atoms with Crippen LogP contribution in [-0.4, -0.2) is 13.7 Å². The lowest BCUT2D eigenvalue weighted by molar-refractivity contribution is 1.01. The van der Waals surface area contributed by atoms with E-state index in [1.165, 1.54) is 222 Å². The summed E-state index contributed by atoms with van der Waals surface area (Å²) in [5.41, 5.74) is 20.6. The molecular weight excluding hydrogens is 1390 g/mol. The minimum atomic E-state index is 1.26. The Kier molecular flexibility index (Phi) is 14.3. The van der Waals surface area contributed by atoms with Gasteiger partial charge in [0.2, 0.25) is 0 Å². The van der Waals surface area contributed by atoms with Crippen molar-refractivity contribution in [2.75, 3.05) is 0 Å². The molecular formula is C99H63N3S5. The number of aromatic nitrogens is 3. The molecule has 8 heteroatoms. The van der Waals surface area contributed by atoms with Crippen LogP contribution < -0.4 is 0 Å². The number of aryl methyl sites for hydroxylation is 3. The zero-order chi connectivity index (χ0) is 70.7. The van der Waals surface area contributed by atoms with Gasteiger partial charge in [-0.1, -0.05) is 243 Å². The summed E-state index contributed by atoms with van der Waals surface area (Å²) in [4.78, 5) is 0. The first-order chi connectivity index (χ1) is 52.8. The van der Waals surface area contributed by atoms with E-state index in [1.807, 2.05) is 56.7 Å². The zero-order valence-electron chi connectivity index (χ0n) is 58.6. The third-order valence-corrected chi connectivity index (χ3v) is 28.7.